The molecule has 0 spiro atoms. The van der Waals surface area contributed by atoms with Gasteiger partial charge in [-0.3, -0.25) is 0 Å². The Hall–Kier alpha value is -2.75. The van der Waals surface area contributed by atoms with Crippen LogP contribution in [0.5, 0.6) is 0 Å². The van der Waals surface area contributed by atoms with Gasteiger partial charge in [0.1, 0.15) is 0 Å². The molecule has 0 atom stereocenters. The van der Waals surface area contributed by atoms with E-state index in [0.717, 1.165) is 87.3 Å². The van der Waals surface area contributed by atoms with Gasteiger partial charge < -0.3 is 25.8 Å². The van der Waals surface area contributed by atoms with Crippen molar-refractivity contribution in [2.24, 2.45) is 11.7 Å². The van der Waals surface area contributed by atoms with Crippen LogP contribution < -0.4 is 16.5 Å². The Labute approximate surface area is 257 Å². The maximum absolute atomic E-state index is 6.16. The first-order valence-electron chi connectivity index (χ1n) is 17.1. The molecule has 234 valence electrons. The third-order valence-electron chi connectivity index (χ3n) is 9.89. The third-order valence-corrected chi connectivity index (χ3v) is 9.89. The normalized spacial score (nSPS) is 22.3. The lowest BCUT2D eigenvalue weighted by Crippen LogP contribution is -2.38. The van der Waals surface area contributed by atoms with Crippen molar-refractivity contribution >= 4 is 22.9 Å². The molecule has 4 N–H and O–H groups in total. The summed E-state index contributed by atoms with van der Waals surface area (Å²) in [6.07, 6.45) is 20.1. The van der Waals surface area contributed by atoms with Crippen LogP contribution in [0.25, 0.3) is 11.2 Å². The largest absolute Gasteiger partial charge is 0.377 e. The summed E-state index contributed by atoms with van der Waals surface area (Å²) in [5.41, 5.74) is 12.9. The monoisotopic (exact) mass is 588 g/mol. The number of benzene rings is 1. The predicted octanol–water partition coefficient (Wildman–Crippen LogP) is 6.83. The molecule has 1 saturated heterocycles. The standard InChI is InChI=1S/C34H52N8O/c35-28-15-17-29(18-16-28)37-34-38-32(31-33(39-34)42(25-36-31)30-13-7-8-14-30)40-41-21-19-26(20-22-41)10-4-1-2-9-23-43-24-27-11-5-3-6-12-27/h3,5-6,11-12,25-26,28-30H,1-2,4,7-10,13-24,35H2,(H2,37,38,39,40)/t28-,29-. The number of ether oxygens (including phenoxy) is 1. The molecule has 2 saturated carbocycles. The maximum atomic E-state index is 6.16. The number of nitrogens with zero attached hydrogens (tertiary/aromatic N) is 5. The second-order valence-corrected chi connectivity index (χ2v) is 13.2. The van der Waals surface area contributed by atoms with Crippen LogP contribution in [0.3, 0.4) is 0 Å². The number of hydrogen-bond acceptors (Lipinski definition) is 8. The molecule has 0 bridgehead atoms. The molecule has 0 amide bonds. The average molecular weight is 589 g/mol. The van der Waals surface area contributed by atoms with Crippen molar-refractivity contribution in [1.82, 2.24) is 24.5 Å². The van der Waals surface area contributed by atoms with Gasteiger partial charge in [-0.05, 0) is 69.3 Å². The van der Waals surface area contributed by atoms with E-state index in [9.17, 15) is 0 Å². The number of nitrogens with two attached hydrogens (primary N) is 1. The van der Waals surface area contributed by atoms with Crippen LogP contribution in [-0.2, 0) is 11.3 Å². The lowest BCUT2D eigenvalue weighted by molar-refractivity contribution is 0.116. The van der Waals surface area contributed by atoms with E-state index in [2.05, 4.69) is 50.7 Å². The lowest BCUT2D eigenvalue weighted by Gasteiger charge is -2.32. The molecule has 2 aliphatic carbocycles. The minimum Gasteiger partial charge on any atom is -0.377 e. The van der Waals surface area contributed by atoms with Gasteiger partial charge in [-0.2, -0.15) is 9.97 Å². The Bertz CT molecular complexity index is 1240. The van der Waals surface area contributed by atoms with E-state index in [4.69, 9.17) is 25.4 Å². The van der Waals surface area contributed by atoms with Gasteiger partial charge in [-0.25, -0.2) is 9.99 Å². The van der Waals surface area contributed by atoms with Crippen molar-refractivity contribution in [3.05, 3.63) is 42.2 Å². The molecule has 43 heavy (non-hydrogen) atoms. The Kier molecular flexibility index (Phi) is 10.8. The molecule has 1 aliphatic heterocycles. The van der Waals surface area contributed by atoms with E-state index < -0.39 is 0 Å². The van der Waals surface area contributed by atoms with Crippen molar-refractivity contribution in [1.29, 1.82) is 0 Å². The Morgan fingerprint density at radius 1 is 0.860 bits per heavy atom. The zero-order valence-corrected chi connectivity index (χ0v) is 25.9. The summed E-state index contributed by atoms with van der Waals surface area (Å²) in [5.74, 6) is 2.37. The number of imidazole rings is 1. The van der Waals surface area contributed by atoms with E-state index in [1.165, 1.54) is 69.8 Å². The fourth-order valence-electron chi connectivity index (χ4n) is 7.19. The minimum atomic E-state index is 0.329. The van der Waals surface area contributed by atoms with Gasteiger partial charge in [0.05, 0.1) is 12.9 Å². The fourth-order valence-corrected chi connectivity index (χ4v) is 7.19. The van der Waals surface area contributed by atoms with Crippen LogP contribution >= 0.6 is 0 Å². The van der Waals surface area contributed by atoms with Crippen LogP contribution in [0, 0.1) is 5.92 Å². The maximum Gasteiger partial charge on any atom is 0.227 e. The summed E-state index contributed by atoms with van der Waals surface area (Å²) in [4.78, 5) is 14.8. The van der Waals surface area contributed by atoms with Crippen LogP contribution in [0.1, 0.15) is 108 Å². The Morgan fingerprint density at radius 2 is 1.63 bits per heavy atom. The summed E-state index contributed by atoms with van der Waals surface area (Å²) >= 11 is 0. The van der Waals surface area contributed by atoms with Crippen LogP contribution in [0.4, 0.5) is 11.8 Å². The highest BCUT2D eigenvalue weighted by atomic mass is 16.5. The van der Waals surface area contributed by atoms with Crippen LogP contribution in [0.15, 0.2) is 36.7 Å². The summed E-state index contributed by atoms with van der Waals surface area (Å²) in [5, 5.41) is 6.00. The summed E-state index contributed by atoms with van der Waals surface area (Å²) in [7, 11) is 0. The number of rotatable bonds is 14. The third kappa shape index (κ3) is 8.46. The van der Waals surface area contributed by atoms with Gasteiger partial charge in [0.25, 0.3) is 0 Å². The van der Waals surface area contributed by atoms with E-state index in [0.29, 0.717) is 18.1 Å². The van der Waals surface area contributed by atoms with E-state index in [1.54, 1.807) is 0 Å². The summed E-state index contributed by atoms with van der Waals surface area (Å²) in [6.45, 7) is 3.66. The van der Waals surface area contributed by atoms with Crippen molar-refractivity contribution in [2.45, 2.75) is 121 Å². The van der Waals surface area contributed by atoms with Crippen molar-refractivity contribution in [2.75, 3.05) is 30.4 Å². The highest BCUT2D eigenvalue weighted by Gasteiger charge is 2.25. The van der Waals surface area contributed by atoms with Crippen molar-refractivity contribution in [3.63, 3.8) is 0 Å². The molecule has 9 nitrogen and oxygen atoms in total. The molecule has 1 aromatic carbocycles. The number of anilines is 2. The summed E-state index contributed by atoms with van der Waals surface area (Å²) < 4.78 is 8.15. The molecule has 3 heterocycles. The second kappa shape index (κ2) is 15.3. The van der Waals surface area contributed by atoms with E-state index in [-0.39, 0.29) is 0 Å². The average Bonchev–Trinajstić information content (AvgIpc) is 3.72. The number of aromatic nitrogens is 4. The zero-order valence-electron chi connectivity index (χ0n) is 25.9. The molecule has 3 aromatic rings. The first-order chi connectivity index (χ1) is 21.2. The highest BCUT2D eigenvalue weighted by Crippen LogP contribution is 2.34. The highest BCUT2D eigenvalue weighted by molar-refractivity contribution is 5.84. The number of hydrogen-bond donors (Lipinski definition) is 3. The molecule has 2 aromatic heterocycles. The first kappa shape index (κ1) is 30.3. The topological polar surface area (TPSA) is 106 Å². The summed E-state index contributed by atoms with van der Waals surface area (Å²) in [6, 6.07) is 11.7. The molecular weight excluding hydrogens is 536 g/mol. The second-order valence-electron chi connectivity index (χ2n) is 13.2. The molecule has 3 aliphatic rings. The number of unbranched alkanes of at least 4 members (excludes halogenated alkanes) is 3. The Morgan fingerprint density at radius 3 is 2.42 bits per heavy atom. The smallest absolute Gasteiger partial charge is 0.227 e. The number of piperidine rings is 1. The molecule has 3 fully saturated rings. The van der Waals surface area contributed by atoms with E-state index in [1.807, 2.05) is 6.33 Å². The fraction of sp³-hybridized carbons (Fsp3) is 0.676. The van der Waals surface area contributed by atoms with Crippen molar-refractivity contribution < 1.29 is 4.74 Å². The quantitative estimate of drug-likeness (QED) is 0.176. The number of nitrogens with one attached hydrogen (secondary N) is 2. The van der Waals surface area contributed by atoms with Gasteiger partial charge >= 0.3 is 0 Å². The van der Waals surface area contributed by atoms with Crippen LogP contribution in [0.2, 0.25) is 0 Å². The van der Waals surface area contributed by atoms with Gasteiger partial charge in [-0.15, -0.1) is 0 Å². The number of fused-ring (bicyclic) bond motifs is 1. The van der Waals surface area contributed by atoms with Gasteiger partial charge in [0.15, 0.2) is 17.0 Å². The zero-order chi connectivity index (χ0) is 29.3. The molecule has 0 unspecified atom stereocenters. The SMILES string of the molecule is N[C@H]1CC[C@H](Nc2nc(NN3CCC(CCCCCCOCc4ccccc4)CC3)c3ncn(C4CCCC4)c3n2)CC1. The lowest BCUT2D eigenvalue weighted by atomic mass is 9.92. The molecule has 6 rings (SSSR count). The van der Waals surface area contributed by atoms with Gasteiger partial charge in [0, 0.05) is 37.8 Å². The van der Waals surface area contributed by atoms with E-state index >= 15 is 0 Å². The predicted molar refractivity (Wildman–Crippen MR) is 174 cm³/mol. The number of hydrazine groups is 1. The molecule has 0 radical (unpaired) electrons. The van der Waals surface area contributed by atoms with Gasteiger partial charge in [0.2, 0.25) is 5.95 Å². The molecular formula is C34H52N8O. The van der Waals surface area contributed by atoms with Crippen LogP contribution in [-0.4, -0.2) is 56.3 Å². The minimum absolute atomic E-state index is 0.329. The van der Waals surface area contributed by atoms with Gasteiger partial charge in [-0.1, -0.05) is 68.9 Å². The van der Waals surface area contributed by atoms with Crippen molar-refractivity contribution in [3.8, 4) is 0 Å². The Balaban J connectivity index is 0.969. The molecule has 9 heteroatoms. The first-order valence-corrected chi connectivity index (χ1v) is 17.1.